The first-order valence-corrected chi connectivity index (χ1v) is 9.81. The third-order valence-electron chi connectivity index (χ3n) is 5.37. The van der Waals surface area contributed by atoms with Crippen LogP contribution >= 0.6 is 0 Å². The highest BCUT2D eigenvalue weighted by Gasteiger charge is 2.38. The summed E-state index contributed by atoms with van der Waals surface area (Å²) in [4.78, 5) is 19.0. The summed E-state index contributed by atoms with van der Waals surface area (Å²) in [6.45, 7) is 1.59. The minimum Gasteiger partial charge on any atom is -0.357 e. The van der Waals surface area contributed by atoms with Crippen molar-refractivity contribution in [3.8, 4) is 11.5 Å². The van der Waals surface area contributed by atoms with Crippen molar-refractivity contribution in [3.05, 3.63) is 60.4 Å². The van der Waals surface area contributed by atoms with Crippen molar-refractivity contribution < 1.29 is 17.7 Å². The topological polar surface area (TPSA) is 80.8 Å². The van der Waals surface area contributed by atoms with Crippen LogP contribution in [0.15, 0.2) is 53.3 Å². The maximum Gasteiger partial charge on any atom is 0.471 e. The van der Waals surface area contributed by atoms with Crippen LogP contribution in [-0.2, 0) is 6.18 Å². The molecule has 5 rings (SSSR count). The van der Waals surface area contributed by atoms with E-state index in [1.54, 1.807) is 6.20 Å². The second-order valence-corrected chi connectivity index (χ2v) is 7.37. The Kier molecular flexibility index (Phi) is 4.76. The summed E-state index contributed by atoms with van der Waals surface area (Å²) in [6, 6.07) is 12.1. The number of hydrogen-bond acceptors (Lipinski definition) is 7. The highest BCUT2D eigenvalue weighted by molar-refractivity contribution is 5.80. The number of benzene rings is 1. The molecule has 1 aromatic carbocycles. The maximum atomic E-state index is 12.7. The number of fused-ring (bicyclic) bond motifs is 1. The summed E-state index contributed by atoms with van der Waals surface area (Å²) in [5, 5.41) is 4.49. The molecule has 3 aromatic heterocycles. The lowest BCUT2D eigenvalue weighted by Gasteiger charge is -2.32. The van der Waals surface area contributed by atoms with E-state index < -0.39 is 12.1 Å². The van der Waals surface area contributed by atoms with E-state index in [1.165, 1.54) is 6.20 Å². The second kappa shape index (κ2) is 7.60. The van der Waals surface area contributed by atoms with E-state index >= 15 is 0 Å². The van der Waals surface area contributed by atoms with Crippen molar-refractivity contribution in [3.63, 3.8) is 0 Å². The number of halogens is 3. The van der Waals surface area contributed by atoms with Gasteiger partial charge in [-0.15, -0.1) is 0 Å². The van der Waals surface area contributed by atoms with E-state index in [4.69, 9.17) is 4.98 Å². The van der Waals surface area contributed by atoms with Crippen molar-refractivity contribution >= 4 is 16.7 Å². The molecule has 31 heavy (non-hydrogen) atoms. The highest BCUT2D eigenvalue weighted by Crippen LogP contribution is 2.31. The quantitative estimate of drug-likeness (QED) is 0.478. The van der Waals surface area contributed by atoms with Gasteiger partial charge in [-0.3, -0.25) is 4.98 Å². The lowest BCUT2D eigenvalue weighted by molar-refractivity contribution is -0.159. The molecule has 7 nitrogen and oxygen atoms in total. The molecule has 0 spiro atoms. The minimum atomic E-state index is -4.69. The number of hydrogen-bond donors (Lipinski definition) is 0. The molecule has 0 unspecified atom stereocenters. The van der Waals surface area contributed by atoms with E-state index in [0.29, 0.717) is 5.69 Å². The molecule has 0 amide bonds. The Bertz CT molecular complexity index is 1220. The third-order valence-corrected chi connectivity index (χ3v) is 5.37. The summed E-state index contributed by atoms with van der Waals surface area (Å²) < 4.78 is 42.4. The summed E-state index contributed by atoms with van der Waals surface area (Å²) in [6.07, 6.45) is -0.0647. The molecule has 4 aromatic rings. The predicted molar refractivity (Wildman–Crippen MR) is 106 cm³/mol. The molecule has 1 saturated heterocycles. The van der Waals surface area contributed by atoms with Gasteiger partial charge in [0, 0.05) is 30.6 Å². The highest BCUT2D eigenvalue weighted by atomic mass is 19.4. The van der Waals surface area contributed by atoms with E-state index in [0.717, 1.165) is 42.7 Å². The summed E-state index contributed by atoms with van der Waals surface area (Å²) in [7, 11) is 0. The fourth-order valence-corrected chi connectivity index (χ4v) is 3.76. The second-order valence-electron chi connectivity index (χ2n) is 7.37. The normalized spacial score (nSPS) is 15.5. The Morgan fingerprint density at radius 2 is 1.74 bits per heavy atom. The van der Waals surface area contributed by atoms with Crippen LogP contribution in [0.2, 0.25) is 0 Å². The zero-order chi connectivity index (χ0) is 21.4. The van der Waals surface area contributed by atoms with Gasteiger partial charge in [0.2, 0.25) is 5.82 Å². The number of anilines is 1. The lowest BCUT2D eigenvalue weighted by atomic mass is 9.93. The molecule has 1 fully saturated rings. The van der Waals surface area contributed by atoms with Crippen LogP contribution < -0.4 is 4.90 Å². The summed E-state index contributed by atoms with van der Waals surface area (Å²) in [5.41, 5.74) is 1.83. The van der Waals surface area contributed by atoms with Gasteiger partial charge in [-0.2, -0.15) is 18.2 Å². The largest absolute Gasteiger partial charge is 0.471 e. The molecule has 1 aliphatic rings. The SMILES string of the molecule is FC(F)(F)c1nc(-c2cncc(C3CCN(c4ccc5ccccc5n4)CC3)n2)no1. The van der Waals surface area contributed by atoms with Gasteiger partial charge in [-0.25, -0.2) is 9.97 Å². The zero-order valence-electron chi connectivity index (χ0n) is 16.3. The van der Waals surface area contributed by atoms with E-state index in [1.807, 2.05) is 30.3 Å². The Morgan fingerprint density at radius 1 is 0.935 bits per heavy atom. The van der Waals surface area contributed by atoms with Crippen LogP contribution in [0, 0.1) is 0 Å². The first-order valence-electron chi connectivity index (χ1n) is 9.81. The van der Waals surface area contributed by atoms with Gasteiger partial charge in [-0.1, -0.05) is 23.4 Å². The first kappa shape index (κ1) is 19.4. The van der Waals surface area contributed by atoms with Crippen molar-refractivity contribution in [2.45, 2.75) is 24.9 Å². The Balaban J connectivity index is 1.30. The van der Waals surface area contributed by atoms with Gasteiger partial charge in [0.15, 0.2) is 0 Å². The van der Waals surface area contributed by atoms with Crippen LogP contribution in [0.5, 0.6) is 0 Å². The fraction of sp³-hybridized carbons (Fsp3) is 0.286. The van der Waals surface area contributed by atoms with E-state index in [-0.39, 0.29) is 17.4 Å². The fourth-order valence-electron chi connectivity index (χ4n) is 3.76. The average Bonchev–Trinajstić information content (AvgIpc) is 3.30. The zero-order valence-corrected chi connectivity index (χ0v) is 16.3. The van der Waals surface area contributed by atoms with Crippen LogP contribution in [0.3, 0.4) is 0 Å². The molecular weight excluding hydrogens is 409 g/mol. The van der Waals surface area contributed by atoms with Crippen LogP contribution in [-0.4, -0.2) is 38.2 Å². The van der Waals surface area contributed by atoms with E-state index in [9.17, 15) is 13.2 Å². The number of aromatic nitrogens is 5. The molecule has 0 bridgehead atoms. The number of rotatable bonds is 3. The van der Waals surface area contributed by atoms with Crippen LogP contribution in [0.1, 0.15) is 30.3 Å². The predicted octanol–water partition coefficient (Wildman–Crippen LogP) is 4.48. The molecule has 1 aliphatic heterocycles. The van der Waals surface area contributed by atoms with Gasteiger partial charge in [0.05, 0.1) is 17.4 Å². The molecule has 10 heteroatoms. The lowest BCUT2D eigenvalue weighted by Crippen LogP contribution is -2.33. The molecule has 0 saturated carbocycles. The molecule has 158 valence electrons. The molecule has 0 N–H and O–H groups in total. The van der Waals surface area contributed by atoms with Gasteiger partial charge < -0.3 is 9.42 Å². The molecular formula is C21H17F3N6O. The molecule has 4 heterocycles. The van der Waals surface area contributed by atoms with Crippen LogP contribution in [0.25, 0.3) is 22.4 Å². The third kappa shape index (κ3) is 3.92. The van der Waals surface area contributed by atoms with Gasteiger partial charge in [0.1, 0.15) is 11.5 Å². The van der Waals surface area contributed by atoms with Gasteiger partial charge >= 0.3 is 12.1 Å². The Morgan fingerprint density at radius 3 is 2.52 bits per heavy atom. The summed E-state index contributed by atoms with van der Waals surface area (Å²) >= 11 is 0. The van der Waals surface area contributed by atoms with Crippen molar-refractivity contribution in [1.29, 1.82) is 0 Å². The monoisotopic (exact) mass is 426 g/mol. The average molecular weight is 426 g/mol. The number of alkyl halides is 3. The first-order chi connectivity index (χ1) is 15.0. The van der Waals surface area contributed by atoms with E-state index in [2.05, 4.69) is 35.6 Å². The minimum absolute atomic E-state index is 0.137. The summed E-state index contributed by atoms with van der Waals surface area (Å²) in [5.74, 6) is -0.549. The number of piperidine rings is 1. The van der Waals surface area contributed by atoms with Gasteiger partial charge in [-0.05, 0) is 31.0 Å². The molecule has 0 aliphatic carbocycles. The Hall–Kier alpha value is -3.56. The van der Waals surface area contributed by atoms with Crippen LogP contribution in [0.4, 0.5) is 19.0 Å². The van der Waals surface area contributed by atoms with Crippen molar-refractivity contribution in [2.24, 2.45) is 0 Å². The number of para-hydroxylation sites is 1. The smallest absolute Gasteiger partial charge is 0.357 e. The van der Waals surface area contributed by atoms with Gasteiger partial charge in [0.25, 0.3) is 0 Å². The molecule has 0 atom stereocenters. The number of nitrogens with zero attached hydrogens (tertiary/aromatic N) is 6. The maximum absolute atomic E-state index is 12.7. The van der Waals surface area contributed by atoms with Crippen molar-refractivity contribution in [1.82, 2.24) is 25.1 Å². The Labute approximate surface area is 175 Å². The standard InChI is InChI=1S/C21H17F3N6O/c22-21(23,24)20-28-19(29-31-20)17-12-25-11-16(26-17)14-7-9-30(10-8-14)18-6-5-13-3-1-2-4-15(13)27-18/h1-6,11-12,14H,7-10H2. The van der Waals surface area contributed by atoms with Crippen molar-refractivity contribution in [2.75, 3.05) is 18.0 Å². The number of pyridine rings is 1. The molecule has 0 radical (unpaired) electrons.